The molecule has 0 aliphatic carbocycles. The van der Waals surface area contributed by atoms with Crippen molar-refractivity contribution in [1.29, 1.82) is 0 Å². The van der Waals surface area contributed by atoms with Crippen molar-refractivity contribution in [2.75, 3.05) is 33.7 Å². The highest BCUT2D eigenvalue weighted by Crippen LogP contribution is 2.46. The molecule has 0 saturated carbocycles. The molecule has 13 heteroatoms. The summed E-state index contributed by atoms with van der Waals surface area (Å²) in [6, 6.07) is 3.27. The summed E-state index contributed by atoms with van der Waals surface area (Å²) in [7, 11) is 3.65. The normalized spacial score (nSPS) is 30.5. The molecule has 10 nitrogen and oxygen atoms in total. The lowest BCUT2D eigenvalue weighted by atomic mass is 9.56. The third-order valence-corrected chi connectivity index (χ3v) is 7.93. The summed E-state index contributed by atoms with van der Waals surface area (Å²) in [5.41, 5.74) is 0.143. The maximum absolute atomic E-state index is 13.0. The molecule has 3 saturated heterocycles. The fourth-order valence-electron chi connectivity index (χ4n) is 5.66. The molecule has 0 aromatic heterocycles. The van der Waals surface area contributed by atoms with E-state index in [2.05, 4.69) is 10.6 Å². The van der Waals surface area contributed by atoms with Gasteiger partial charge in [0.15, 0.2) is 12.1 Å². The number of quaternary nitrogens is 1. The van der Waals surface area contributed by atoms with E-state index in [1.54, 1.807) is 13.1 Å². The lowest BCUT2D eigenvalue weighted by Crippen LogP contribution is -2.78. The number of benzene rings is 1. The number of hydrogen-bond donors (Lipinski definition) is 2. The molecule has 190 valence electrons. The molecular formula is C22H29BCl2N4O6. The first-order valence-corrected chi connectivity index (χ1v) is 12.3. The number of amides is 2. The number of rotatable bonds is 7. The third kappa shape index (κ3) is 4.28. The van der Waals surface area contributed by atoms with Gasteiger partial charge < -0.3 is 24.3 Å². The van der Waals surface area contributed by atoms with E-state index in [9.17, 15) is 19.2 Å². The number of nitrogens with one attached hydrogen (secondary N) is 2. The van der Waals surface area contributed by atoms with Crippen molar-refractivity contribution in [3.63, 3.8) is 0 Å². The van der Waals surface area contributed by atoms with E-state index in [0.29, 0.717) is 24.5 Å². The van der Waals surface area contributed by atoms with E-state index in [1.807, 2.05) is 25.8 Å². The van der Waals surface area contributed by atoms with Crippen LogP contribution in [0.3, 0.4) is 0 Å². The Kier molecular flexibility index (Phi) is 6.82. The summed E-state index contributed by atoms with van der Waals surface area (Å²) in [4.78, 5) is 53.3. The highest BCUT2D eigenvalue weighted by atomic mass is 35.5. The fourth-order valence-corrected chi connectivity index (χ4v) is 6.04. The summed E-state index contributed by atoms with van der Waals surface area (Å²) in [5.74, 6) is -2.63. The van der Waals surface area contributed by atoms with Crippen LogP contribution in [0.25, 0.3) is 0 Å². The number of carbonyl (C=O) groups excluding carboxylic acids is 4. The third-order valence-electron chi connectivity index (χ3n) is 7.36. The Morgan fingerprint density at radius 1 is 1.17 bits per heavy atom. The molecule has 0 spiro atoms. The molecular weight excluding hydrogens is 498 g/mol. The highest BCUT2D eigenvalue weighted by Gasteiger charge is 2.77. The van der Waals surface area contributed by atoms with Gasteiger partial charge in [0.05, 0.1) is 36.2 Å². The van der Waals surface area contributed by atoms with Gasteiger partial charge in [-0.15, -0.1) is 0 Å². The van der Waals surface area contributed by atoms with Crippen LogP contribution in [-0.4, -0.2) is 91.5 Å². The molecule has 3 aliphatic rings. The molecule has 2 amide bonds. The standard InChI is InChI=1S/C22H29BCl2N4O6/c1-12(2)7-18(27-19(30)9-26-20(31)14-8-13(24)5-6-15(14)25)23-29(4)16(21(32)34-23)10-28(3)11-17(29)22(33)35-23/h5-6,8,12,16-18H,7,9-11H2,1-4H3,(H,26,31)(H,27,30)/t16-,17-,18+,23?,29?/m1/s1. The molecule has 0 radical (unpaired) electrons. The SMILES string of the molecule is CC(C)C[C@H](NC(=O)CNC(=O)c1cc(Cl)ccc1Cl)[B-]12OC(=O)[C@H]3CN(C)C[C@H](C(=O)O1)[N+]32C. The summed E-state index contributed by atoms with van der Waals surface area (Å²) in [6.45, 7) is 1.85. The molecule has 3 atom stereocenters. The van der Waals surface area contributed by atoms with Gasteiger partial charge in [0, 0.05) is 12.1 Å². The van der Waals surface area contributed by atoms with E-state index in [1.165, 1.54) is 12.1 Å². The van der Waals surface area contributed by atoms with Crippen molar-refractivity contribution in [2.45, 2.75) is 38.3 Å². The van der Waals surface area contributed by atoms with Gasteiger partial charge in [0.1, 0.15) is 0 Å². The van der Waals surface area contributed by atoms with Gasteiger partial charge in [-0.25, -0.2) is 9.59 Å². The molecule has 3 fully saturated rings. The quantitative estimate of drug-likeness (QED) is 0.509. The van der Waals surface area contributed by atoms with Gasteiger partial charge in [-0.3, -0.25) is 14.5 Å². The van der Waals surface area contributed by atoms with Crippen molar-refractivity contribution in [3.05, 3.63) is 33.8 Å². The second-order valence-corrected chi connectivity index (χ2v) is 11.0. The van der Waals surface area contributed by atoms with Crippen molar-refractivity contribution < 1.29 is 32.9 Å². The maximum Gasteiger partial charge on any atom is 0.606 e. The van der Waals surface area contributed by atoms with Gasteiger partial charge in [0.25, 0.3) is 5.91 Å². The zero-order valence-corrected chi connectivity index (χ0v) is 21.6. The Hall–Kier alpha value is -2.34. The predicted molar refractivity (Wildman–Crippen MR) is 129 cm³/mol. The second kappa shape index (κ2) is 9.27. The lowest BCUT2D eigenvalue weighted by molar-refractivity contribution is -0.849. The van der Waals surface area contributed by atoms with Gasteiger partial charge in [0.2, 0.25) is 5.91 Å². The van der Waals surface area contributed by atoms with Crippen molar-refractivity contribution in [2.24, 2.45) is 5.92 Å². The Morgan fingerprint density at radius 2 is 1.77 bits per heavy atom. The second-order valence-electron chi connectivity index (χ2n) is 10.2. The molecule has 3 aliphatic heterocycles. The molecule has 4 rings (SSSR count). The summed E-state index contributed by atoms with van der Waals surface area (Å²) < 4.78 is 11.8. The highest BCUT2D eigenvalue weighted by molar-refractivity contribution is 6.68. The van der Waals surface area contributed by atoms with Crippen molar-refractivity contribution in [3.8, 4) is 0 Å². The molecule has 2 N–H and O–H groups in total. The smallest absolute Gasteiger partial charge is 0.599 e. The van der Waals surface area contributed by atoms with Crippen LogP contribution in [0.4, 0.5) is 0 Å². The minimum Gasteiger partial charge on any atom is -0.599 e. The average Bonchev–Trinajstić information content (AvgIpc) is 3.13. The van der Waals surface area contributed by atoms with Crippen molar-refractivity contribution in [1.82, 2.24) is 15.5 Å². The minimum absolute atomic E-state index is 0.00977. The van der Waals surface area contributed by atoms with Crippen LogP contribution in [0.15, 0.2) is 18.2 Å². The molecule has 0 unspecified atom stereocenters. The summed E-state index contributed by atoms with van der Waals surface area (Å²) >= 11 is 12.0. The fraction of sp³-hybridized carbons (Fsp3) is 0.545. The first-order chi connectivity index (χ1) is 16.4. The number of halogens is 2. The molecule has 1 aromatic carbocycles. The van der Waals surface area contributed by atoms with Crippen LogP contribution >= 0.6 is 23.2 Å². The van der Waals surface area contributed by atoms with Crippen LogP contribution in [0.5, 0.6) is 0 Å². The topological polar surface area (TPSA) is 114 Å². The Balaban J connectivity index is 1.55. The molecule has 3 heterocycles. The van der Waals surface area contributed by atoms with Crippen LogP contribution in [-0.2, 0) is 23.7 Å². The van der Waals surface area contributed by atoms with Gasteiger partial charge in [-0.05, 0) is 37.6 Å². The van der Waals surface area contributed by atoms with E-state index in [0.717, 1.165) is 0 Å². The first-order valence-electron chi connectivity index (χ1n) is 11.6. The lowest BCUT2D eigenvalue weighted by Gasteiger charge is -2.53. The van der Waals surface area contributed by atoms with Crippen LogP contribution in [0.1, 0.15) is 30.6 Å². The zero-order valence-electron chi connectivity index (χ0n) is 20.0. The Morgan fingerprint density at radius 3 is 2.34 bits per heavy atom. The molecule has 1 aromatic rings. The molecule has 35 heavy (non-hydrogen) atoms. The number of likely N-dealkylation sites (N-methyl/N-ethyl adjacent to an activating group) is 2. The monoisotopic (exact) mass is 526 g/mol. The number of carbonyl (C=O) groups is 4. The average molecular weight is 527 g/mol. The van der Waals surface area contributed by atoms with E-state index in [4.69, 9.17) is 32.5 Å². The first kappa shape index (κ1) is 25.7. The summed E-state index contributed by atoms with van der Waals surface area (Å²) in [5, 5.41) is 5.95. The Bertz CT molecular complexity index is 1060. The summed E-state index contributed by atoms with van der Waals surface area (Å²) in [6.07, 6.45) is 0.406. The number of piperazine rings is 1. The van der Waals surface area contributed by atoms with E-state index < -0.39 is 48.5 Å². The van der Waals surface area contributed by atoms with E-state index >= 15 is 0 Å². The zero-order chi connectivity index (χ0) is 25.7. The molecule has 0 bridgehead atoms. The number of nitrogens with zero attached hydrogens (tertiary/aromatic N) is 2. The van der Waals surface area contributed by atoms with Gasteiger partial charge in [-0.2, -0.15) is 0 Å². The predicted octanol–water partition coefficient (Wildman–Crippen LogP) is 0.975. The van der Waals surface area contributed by atoms with Crippen LogP contribution < -0.4 is 10.6 Å². The van der Waals surface area contributed by atoms with Gasteiger partial charge in [-0.1, -0.05) is 37.0 Å². The van der Waals surface area contributed by atoms with Crippen LogP contribution in [0.2, 0.25) is 10.0 Å². The van der Waals surface area contributed by atoms with Gasteiger partial charge >= 0.3 is 18.6 Å². The van der Waals surface area contributed by atoms with Crippen LogP contribution in [0, 0.1) is 5.92 Å². The maximum atomic E-state index is 13.0. The van der Waals surface area contributed by atoms with E-state index in [-0.39, 0.29) is 27.4 Å². The Labute approximate surface area is 213 Å². The number of hydrogen-bond acceptors (Lipinski definition) is 7. The largest absolute Gasteiger partial charge is 0.606 e. The van der Waals surface area contributed by atoms with Crippen molar-refractivity contribution >= 4 is 53.6 Å². The minimum atomic E-state index is -2.56.